The SMILES string of the molecule is CC1C=C2CN(Cc3ccc(CN)cc3)CCC2=C(OC2CCC2)C1. The summed E-state index contributed by atoms with van der Waals surface area (Å²) >= 11 is 0. The number of hydrogen-bond acceptors (Lipinski definition) is 3. The van der Waals surface area contributed by atoms with Crippen molar-refractivity contribution in [2.75, 3.05) is 13.1 Å². The van der Waals surface area contributed by atoms with Gasteiger partial charge in [0.15, 0.2) is 0 Å². The number of nitrogens with zero attached hydrogens (tertiary/aromatic N) is 1. The van der Waals surface area contributed by atoms with E-state index in [0.29, 0.717) is 18.6 Å². The van der Waals surface area contributed by atoms with Crippen molar-refractivity contribution in [3.63, 3.8) is 0 Å². The van der Waals surface area contributed by atoms with E-state index in [1.165, 1.54) is 47.3 Å². The number of hydrogen-bond donors (Lipinski definition) is 1. The van der Waals surface area contributed by atoms with Crippen molar-refractivity contribution in [2.45, 2.75) is 58.2 Å². The van der Waals surface area contributed by atoms with Crippen LogP contribution in [0, 0.1) is 5.92 Å². The lowest BCUT2D eigenvalue weighted by Gasteiger charge is -2.37. The number of benzene rings is 1. The van der Waals surface area contributed by atoms with Crippen molar-refractivity contribution in [1.82, 2.24) is 4.90 Å². The third kappa shape index (κ3) is 3.83. The lowest BCUT2D eigenvalue weighted by Crippen LogP contribution is -2.34. The Morgan fingerprint density at radius 3 is 2.60 bits per heavy atom. The van der Waals surface area contributed by atoms with Gasteiger partial charge in [-0.15, -0.1) is 0 Å². The number of ether oxygens (including phenoxy) is 1. The molecule has 134 valence electrons. The van der Waals surface area contributed by atoms with Crippen molar-refractivity contribution >= 4 is 0 Å². The first-order chi connectivity index (χ1) is 12.2. The lowest BCUT2D eigenvalue weighted by atomic mass is 9.85. The number of allylic oxidation sites excluding steroid dienone is 2. The molecule has 2 N–H and O–H groups in total. The second-order valence-electron chi connectivity index (χ2n) is 7.93. The molecule has 3 aliphatic rings. The van der Waals surface area contributed by atoms with E-state index in [2.05, 4.69) is 42.2 Å². The standard InChI is InChI=1S/C22H30N2O/c1-16-11-19-15-24(14-18-7-5-17(13-23)6-8-18)10-9-21(19)22(12-16)25-20-3-2-4-20/h5-8,11,16,20H,2-4,9-10,12-15,23H2,1H3. The molecular weight excluding hydrogens is 308 g/mol. The topological polar surface area (TPSA) is 38.5 Å². The lowest BCUT2D eigenvalue weighted by molar-refractivity contribution is 0.0418. The highest BCUT2D eigenvalue weighted by Crippen LogP contribution is 2.37. The molecule has 1 heterocycles. The average molecular weight is 338 g/mol. The number of fused-ring (bicyclic) bond motifs is 1. The van der Waals surface area contributed by atoms with Gasteiger partial charge in [-0.3, -0.25) is 4.90 Å². The average Bonchev–Trinajstić information content (AvgIpc) is 2.58. The Bertz CT molecular complexity index is 670. The zero-order chi connectivity index (χ0) is 17.2. The van der Waals surface area contributed by atoms with Crippen molar-refractivity contribution in [3.8, 4) is 0 Å². The Kier molecular flexibility index (Phi) is 4.96. The molecule has 0 amide bonds. The van der Waals surface area contributed by atoms with E-state index in [1.807, 2.05) is 0 Å². The molecule has 1 unspecified atom stereocenters. The van der Waals surface area contributed by atoms with Gasteiger partial charge >= 0.3 is 0 Å². The smallest absolute Gasteiger partial charge is 0.100 e. The van der Waals surface area contributed by atoms with Crippen LogP contribution < -0.4 is 5.73 Å². The van der Waals surface area contributed by atoms with Crippen LogP contribution in [-0.2, 0) is 17.8 Å². The summed E-state index contributed by atoms with van der Waals surface area (Å²) in [4.78, 5) is 2.56. The molecule has 0 aromatic heterocycles. The molecule has 1 aromatic rings. The Balaban J connectivity index is 1.44. The van der Waals surface area contributed by atoms with E-state index in [0.717, 1.165) is 32.5 Å². The minimum atomic E-state index is 0.494. The highest BCUT2D eigenvalue weighted by Gasteiger charge is 2.29. The van der Waals surface area contributed by atoms with Crippen LogP contribution in [0.1, 0.15) is 50.2 Å². The summed E-state index contributed by atoms with van der Waals surface area (Å²) in [5.41, 5.74) is 11.3. The van der Waals surface area contributed by atoms with Crippen molar-refractivity contribution < 1.29 is 4.74 Å². The fraction of sp³-hybridized carbons (Fsp3) is 0.545. The first-order valence-corrected chi connectivity index (χ1v) is 9.81. The Morgan fingerprint density at radius 2 is 1.92 bits per heavy atom. The predicted molar refractivity (Wildman–Crippen MR) is 102 cm³/mol. The Hall–Kier alpha value is -1.58. The maximum absolute atomic E-state index is 6.35. The maximum atomic E-state index is 6.35. The fourth-order valence-corrected chi connectivity index (χ4v) is 4.12. The van der Waals surface area contributed by atoms with Crippen molar-refractivity contribution in [3.05, 3.63) is 58.4 Å². The molecule has 25 heavy (non-hydrogen) atoms. The molecule has 3 nitrogen and oxygen atoms in total. The van der Waals surface area contributed by atoms with Gasteiger partial charge in [0, 0.05) is 32.6 Å². The van der Waals surface area contributed by atoms with Crippen LogP contribution in [0.4, 0.5) is 0 Å². The molecule has 1 aliphatic heterocycles. The van der Waals surface area contributed by atoms with Gasteiger partial charge < -0.3 is 10.5 Å². The summed E-state index contributed by atoms with van der Waals surface area (Å²) in [5, 5.41) is 0. The van der Waals surface area contributed by atoms with Gasteiger partial charge in [0.1, 0.15) is 5.76 Å². The van der Waals surface area contributed by atoms with E-state index < -0.39 is 0 Å². The molecule has 1 aromatic carbocycles. The quantitative estimate of drug-likeness (QED) is 0.877. The predicted octanol–water partition coefficient (Wildman–Crippen LogP) is 4.14. The third-order valence-electron chi connectivity index (χ3n) is 5.82. The highest BCUT2D eigenvalue weighted by atomic mass is 16.5. The Labute approximate surface area is 151 Å². The number of nitrogens with two attached hydrogens (primary N) is 1. The van der Waals surface area contributed by atoms with Crippen molar-refractivity contribution in [1.29, 1.82) is 0 Å². The molecule has 3 heteroatoms. The molecule has 2 fully saturated rings. The third-order valence-corrected chi connectivity index (χ3v) is 5.82. The van der Waals surface area contributed by atoms with E-state index in [4.69, 9.17) is 10.5 Å². The molecule has 4 rings (SSSR count). The Morgan fingerprint density at radius 1 is 1.16 bits per heavy atom. The molecule has 2 aliphatic carbocycles. The van der Waals surface area contributed by atoms with Gasteiger partial charge in [-0.25, -0.2) is 0 Å². The minimum absolute atomic E-state index is 0.494. The van der Waals surface area contributed by atoms with Gasteiger partial charge in [-0.05, 0) is 53.9 Å². The summed E-state index contributed by atoms with van der Waals surface area (Å²) in [5.74, 6) is 1.90. The van der Waals surface area contributed by atoms with Crippen LogP contribution in [-0.4, -0.2) is 24.1 Å². The van der Waals surface area contributed by atoms with Crippen LogP contribution in [0.15, 0.2) is 47.2 Å². The fourth-order valence-electron chi connectivity index (χ4n) is 4.12. The zero-order valence-electron chi connectivity index (χ0n) is 15.3. The normalized spacial score (nSPS) is 24.6. The van der Waals surface area contributed by atoms with E-state index >= 15 is 0 Å². The molecule has 0 spiro atoms. The summed E-state index contributed by atoms with van der Waals surface area (Å²) in [7, 11) is 0. The zero-order valence-corrected chi connectivity index (χ0v) is 15.3. The van der Waals surface area contributed by atoms with Crippen LogP contribution in [0.3, 0.4) is 0 Å². The number of likely N-dealkylation sites (tertiary alicyclic amines) is 1. The first-order valence-electron chi connectivity index (χ1n) is 9.81. The van der Waals surface area contributed by atoms with Crippen molar-refractivity contribution in [2.24, 2.45) is 11.7 Å². The van der Waals surface area contributed by atoms with Crippen LogP contribution in [0.2, 0.25) is 0 Å². The van der Waals surface area contributed by atoms with Gasteiger partial charge in [0.05, 0.1) is 6.10 Å². The summed E-state index contributed by atoms with van der Waals surface area (Å²) in [6, 6.07) is 8.74. The molecule has 0 radical (unpaired) electrons. The van der Waals surface area contributed by atoms with Crippen LogP contribution in [0.5, 0.6) is 0 Å². The molecular formula is C22H30N2O. The molecule has 1 saturated carbocycles. The summed E-state index contributed by atoms with van der Waals surface area (Å²) < 4.78 is 6.35. The molecule has 0 bridgehead atoms. The maximum Gasteiger partial charge on any atom is 0.100 e. The van der Waals surface area contributed by atoms with Crippen LogP contribution in [0.25, 0.3) is 0 Å². The van der Waals surface area contributed by atoms with Crippen LogP contribution >= 0.6 is 0 Å². The highest BCUT2D eigenvalue weighted by molar-refractivity contribution is 5.40. The largest absolute Gasteiger partial charge is 0.494 e. The van der Waals surface area contributed by atoms with E-state index in [1.54, 1.807) is 0 Å². The number of rotatable bonds is 5. The summed E-state index contributed by atoms with van der Waals surface area (Å²) in [6.45, 7) is 6.13. The van der Waals surface area contributed by atoms with Gasteiger partial charge in [0.2, 0.25) is 0 Å². The summed E-state index contributed by atoms with van der Waals surface area (Å²) in [6.07, 6.45) is 9.02. The second kappa shape index (κ2) is 7.35. The monoisotopic (exact) mass is 338 g/mol. The first kappa shape index (κ1) is 16.9. The van der Waals surface area contributed by atoms with Gasteiger partial charge in [-0.1, -0.05) is 37.3 Å². The van der Waals surface area contributed by atoms with Gasteiger partial charge in [0.25, 0.3) is 0 Å². The minimum Gasteiger partial charge on any atom is -0.494 e. The second-order valence-corrected chi connectivity index (χ2v) is 7.93. The molecule has 1 atom stereocenters. The van der Waals surface area contributed by atoms with E-state index in [-0.39, 0.29) is 0 Å². The van der Waals surface area contributed by atoms with E-state index in [9.17, 15) is 0 Å². The van der Waals surface area contributed by atoms with Gasteiger partial charge in [-0.2, -0.15) is 0 Å². The number of piperidine rings is 1. The molecule has 1 saturated heterocycles.